The number of hydrogen-bond donors (Lipinski definition) is 0. The van der Waals surface area contributed by atoms with Crippen molar-refractivity contribution in [3.8, 4) is 5.75 Å². The van der Waals surface area contributed by atoms with Crippen LogP contribution in [0.3, 0.4) is 0 Å². The van der Waals surface area contributed by atoms with Gasteiger partial charge in [0.25, 0.3) is 5.91 Å². The second kappa shape index (κ2) is 6.89. The summed E-state index contributed by atoms with van der Waals surface area (Å²) in [5.41, 5.74) is 3.52. The van der Waals surface area contributed by atoms with Gasteiger partial charge in [0.15, 0.2) is 0 Å². The average Bonchev–Trinajstić information content (AvgIpc) is 3.21. The van der Waals surface area contributed by atoms with E-state index in [2.05, 4.69) is 24.3 Å². The van der Waals surface area contributed by atoms with Gasteiger partial charge in [0.05, 0.1) is 13.2 Å². The summed E-state index contributed by atoms with van der Waals surface area (Å²) in [4.78, 5) is 15.1. The average molecular weight is 337 g/mol. The highest BCUT2D eigenvalue weighted by Crippen LogP contribution is 2.39. The molecule has 1 fully saturated rings. The Kier molecular flexibility index (Phi) is 4.45. The predicted molar refractivity (Wildman–Crippen MR) is 95.7 cm³/mol. The quantitative estimate of drug-likeness (QED) is 0.862. The van der Waals surface area contributed by atoms with Gasteiger partial charge < -0.3 is 14.4 Å². The van der Waals surface area contributed by atoms with Crippen molar-refractivity contribution in [3.05, 3.63) is 65.2 Å². The van der Waals surface area contributed by atoms with E-state index in [9.17, 15) is 4.79 Å². The summed E-state index contributed by atoms with van der Waals surface area (Å²) in [5.74, 6) is 0.914. The molecule has 2 aromatic carbocycles. The molecule has 1 amide bonds. The molecule has 0 saturated carbocycles. The molecule has 0 aromatic heterocycles. The number of ether oxygens (including phenoxy) is 2. The number of methoxy groups -OCH3 is 1. The van der Waals surface area contributed by atoms with E-state index in [-0.39, 0.29) is 18.1 Å². The van der Waals surface area contributed by atoms with Crippen LogP contribution in [0, 0.1) is 0 Å². The van der Waals surface area contributed by atoms with Crippen molar-refractivity contribution >= 4 is 5.91 Å². The minimum atomic E-state index is -0.303. The van der Waals surface area contributed by atoms with Crippen LogP contribution in [0.2, 0.25) is 0 Å². The normalized spacial score (nSPS) is 22.5. The van der Waals surface area contributed by atoms with Crippen LogP contribution in [0.5, 0.6) is 5.75 Å². The van der Waals surface area contributed by atoms with Crippen molar-refractivity contribution in [2.24, 2.45) is 0 Å². The number of para-hydroxylation sites is 1. The van der Waals surface area contributed by atoms with Gasteiger partial charge in [0, 0.05) is 18.7 Å². The second-order valence-electron chi connectivity index (χ2n) is 6.63. The Balaban J connectivity index is 1.79. The Morgan fingerprint density at radius 3 is 2.64 bits per heavy atom. The zero-order chi connectivity index (χ0) is 17.2. The Bertz CT molecular complexity index is 767. The molecule has 2 aromatic rings. The van der Waals surface area contributed by atoms with E-state index in [0.717, 1.165) is 30.6 Å². The van der Waals surface area contributed by atoms with Crippen LogP contribution >= 0.6 is 0 Å². The van der Waals surface area contributed by atoms with Gasteiger partial charge in [0.2, 0.25) is 0 Å². The van der Waals surface area contributed by atoms with Crippen molar-refractivity contribution in [1.29, 1.82) is 0 Å². The zero-order valence-corrected chi connectivity index (χ0v) is 14.5. The fourth-order valence-corrected chi connectivity index (χ4v) is 3.99. The summed E-state index contributed by atoms with van der Waals surface area (Å²) in [6, 6.07) is 16.2. The number of carbonyl (C=O) groups excluding carboxylic acids is 1. The number of benzene rings is 2. The van der Waals surface area contributed by atoms with E-state index in [4.69, 9.17) is 9.47 Å². The topological polar surface area (TPSA) is 38.8 Å². The molecule has 2 atom stereocenters. The van der Waals surface area contributed by atoms with Crippen molar-refractivity contribution in [1.82, 2.24) is 4.90 Å². The number of amides is 1. The second-order valence-corrected chi connectivity index (χ2v) is 6.63. The van der Waals surface area contributed by atoms with E-state index < -0.39 is 0 Å². The number of rotatable bonds is 3. The number of hydrogen-bond acceptors (Lipinski definition) is 3. The lowest BCUT2D eigenvalue weighted by Gasteiger charge is -2.39. The smallest absolute Gasteiger partial charge is 0.252 e. The maximum Gasteiger partial charge on any atom is 0.252 e. The SMILES string of the molecule is COc1ccccc1C1c2ccccc2CCN1C(=O)C1CCCO1. The summed E-state index contributed by atoms with van der Waals surface area (Å²) in [5, 5.41) is 0. The Labute approximate surface area is 148 Å². The molecule has 2 heterocycles. The van der Waals surface area contributed by atoms with Crippen LogP contribution in [0.25, 0.3) is 0 Å². The molecule has 25 heavy (non-hydrogen) atoms. The first-order valence-electron chi connectivity index (χ1n) is 8.92. The van der Waals surface area contributed by atoms with Gasteiger partial charge in [-0.25, -0.2) is 0 Å². The molecule has 2 aliphatic heterocycles. The molecule has 0 radical (unpaired) electrons. The maximum absolute atomic E-state index is 13.2. The Morgan fingerprint density at radius 2 is 1.88 bits per heavy atom. The number of nitrogens with zero attached hydrogens (tertiary/aromatic N) is 1. The van der Waals surface area contributed by atoms with E-state index in [1.165, 1.54) is 11.1 Å². The standard InChI is InChI=1S/C21H23NO3/c1-24-18-10-5-4-9-17(18)20-16-8-3-2-7-15(16)12-13-22(20)21(23)19-11-6-14-25-19/h2-5,7-10,19-20H,6,11-14H2,1H3. The third kappa shape index (κ3) is 2.91. The third-order valence-electron chi connectivity index (χ3n) is 5.21. The van der Waals surface area contributed by atoms with Crippen LogP contribution in [-0.2, 0) is 16.0 Å². The fourth-order valence-electron chi connectivity index (χ4n) is 3.99. The first-order valence-corrected chi connectivity index (χ1v) is 8.92. The molecule has 0 N–H and O–H groups in total. The lowest BCUT2D eigenvalue weighted by atomic mass is 9.87. The summed E-state index contributed by atoms with van der Waals surface area (Å²) >= 11 is 0. The number of fused-ring (bicyclic) bond motifs is 1. The van der Waals surface area contributed by atoms with Crippen LogP contribution in [0.15, 0.2) is 48.5 Å². The monoisotopic (exact) mass is 337 g/mol. The van der Waals surface area contributed by atoms with Crippen LogP contribution < -0.4 is 4.74 Å². The molecule has 4 nitrogen and oxygen atoms in total. The van der Waals surface area contributed by atoms with Gasteiger partial charge in [-0.05, 0) is 36.5 Å². The molecule has 4 rings (SSSR count). The third-order valence-corrected chi connectivity index (χ3v) is 5.21. The molecule has 0 bridgehead atoms. The fraction of sp³-hybridized carbons (Fsp3) is 0.381. The highest BCUT2D eigenvalue weighted by molar-refractivity contribution is 5.82. The van der Waals surface area contributed by atoms with Gasteiger partial charge in [-0.3, -0.25) is 4.79 Å². The Hall–Kier alpha value is -2.33. The van der Waals surface area contributed by atoms with Gasteiger partial charge >= 0.3 is 0 Å². The lowest BCUT2D eigenvalue weighted by molar-refractivity contribution is -0.143. The van der Waals surface area contributed by atoms with Crippen molar-refractivity contribution in [2.75, 3.05) is 20.3 Å². The lowest BCUT2D eigenvalue weighted by Crippen LogP contribution is -2.45. The molecule has 0 aliphatic carbocycles. The summed E-state index contributed by atoms with van der Waals surface area (Å²) in [6.07, 6.45) is 2.35. The van der Waals surface area contributed by atoms with E-state index in [1.54, 1.807) is 7.11 Å². The summed E-state index contributed by atoms with van der Waals surface area (Å²) in [6.45, 7) is 1.39. The van der Waals surface area contributed by atoms with Crippen LogP contribution in [0.4, 0.5) is 0 Å². The molecule has 2 unspecified atom stereocenters. The Morgan fingerprint density at radius 1 is 1.12 bits per heavy atom. The minimum absolute atomic E-state index is 0.0999. The molecule has 2 aliphatic rings. The first kappa shape index (κ1) is 16.2. The molecular formula is C21H23NO3. The summed E-state index contributed by atoms with van der Waals surface area (Å²) in [7, 11) is 1.68. The van der Waals surface area contributed by atoms with Gasteiger partial charge in [-0.15, -0.1) is 0 Å². The van der Waals surface area contributed by atoms with Gasteiger partial charge in [-0.2, -0.15) is 0 Å². The minimum Gasteiger partial charge on any atom is -0.496 e. The summed E-state index contributed by atoms with van der Waals surface area (Å²) < 4.78 is 11.3. The molecule has 4 heteroatoms. The van der Waals surface area contributed by atoms with Gasteiger partial charge in [0.1, 0.15) is 11.9 Å². The highest BCUT2D eigenvalue weighted by Gasteiger charge is 2.37. The van der Waals surface area contributed by atoms with Crippen molar-refractivity contribution in [3.63, 3.8) is 0 Å². The molecule has 130 valence electrons. The zero-order valence-electron chi connectivity index (χ0n) is 14.5. The van der Waals surface area contributed by atoms with E-state index in [1.807, 2.05) is 29.2 Å². The van der Waals surface area contributed by atoms with Crippen molar-refractivity contribution < 1.29 is 14.3 Å². The van der Waals surface area contributed by atoms with Crippen molar-refractivity contribution in [2.45, 2.75) is 31.4 Å². The van der Waals surface area contributed by atoms with E-state index >= 15 is 0 Å². The van der Waals surface area contributed by atoms with E-state index in [0.29, 0.717) is 13.2 Å². The maximum atomic E-state index is 13.2. The molecule has 1 saturated heterocycles. The molecule has 0 spiro atoms. The molecular weight excluding hydrogens is 314 g/mol. The largest absolute Gasteiger partial charge is 0.496 e. The highest BCUT2D eigenvalue weighted by atomic mass is 16.5. The first-order chi connectivity index (χ1) is 12.3. The van der Waals surface area contributed by atoms with Gasteiger partial charge in [-0.1, -0.05) is 42.5 Å². The van der Waals surface area contributed by atoms with Crippen LogP contribution in [-0.4, -0.2) is 37.2 Å². The number of carbonyl (C=O) groups is 1. The predicted octanol–water partition coefficient (Wildman–Crippen LogP) is 3.35. The van der Waals surface area contributed by atoms with Crippen LogP contribution in [0.1, 0.15) is 35.6 Å².